The van der Waals surface area contributed by atoms with Crippen molar-refractivity contribution >= 4 is 5.91 Å². The lowest BCUT2D eigenvalue weighted by molar-refractivity contribution is -0.133. The fraction of sp³-hybridized carbons (Fsp3) is 0.350. The van der Waals surface area contributed by atoms with Gasteiger partial charge in [-0.2, -0.15) is 0 Å². The van der Waals surface area contributed by atoms with Crippen LogP contribution in [0, 0.1) is 0 Å². The van der Waals surface area contributed by atoms with Gasteiger partial charge in [0.05, 0.1) is 20.1 Å². The summed E-state index contributed by atoms with van der Waals surface area (Å²) in [5.41, 5.74) is 1.01. The summed E-state index contributed by atoms with van der Waals surface area (Å²) in [4.78, 5) is 14.5. The lowest BCUT2D eigenvalue weighted by atomic mass is 10.1. The zero-order chi connectivity index (χ0) is 16.8. The molecule has 3 rings (SSSR count). The van der Waals surface area contributed by atoms with Crippen molar-refractivity contribution in [3.05, 3.63) is 60.2 Å². The molecule has 2 aromatic carbocycles. The van der Waals surface area contributed by atoms with Gasteiger partial charge in [0.25, 0.3) is 0 Å². The number of nitrogens with zero attached hydrogens (tertiary/aromatic N) is 1. The zero-order valence-electron chi connectivity index (χ0n) is 14.0. The Labute approximate surface area is 143 Å². The fourth-order valence-electron chi connectivity index (χ4n) is 2.98. The highest BCUT2D eigenvalue weighted by molar-refractivity contribution is 5.79. The molecule has 1 unspecified atom stereocenters. The molecule has 4 nitrogen and oxygen atoms in total. The molecule has 1 aliphatic rings. The van der Waals surface area contributed by atoms with Crippen LogP contribution in [0.5, 0.6) is 11.5 Å². The van der Waals surface area contributed by atoms with E-state index in [4.69, 9.17) is 9.47 Å². The monoisotopic (exact) mass is 325 g/mol. The van der Waals surface area contributed by atoms with Crippen LogP contribution in [-0.2, 0) is 11.2 Å². The van der Waals surface area contributed by atoms with Crippen LogP contribution in [0.15, 0.2) is 54.6 Å². The zero-order valence-corrected chi connectivity index (χ0v) is 14.0. The Hall–Kier alpha value is -2.49. The van der Waals surface area contributed by atoms with Gasteiger partial charge in [0.15, 0.2) is 0 Å². The second-order valence-corrected chi connectivity index (χ2v) is 6.06. The molecule has 1 atom stereocenters. The van der Waals surface area contributed by atoms with Gasteiger partial charge in [0.2, 0.25) is 5.91 Å². The molecule has 0 saturated carbocycles. The van der Waals surface area contributed by atoms with E-state index in [-0.39, 0.29) is 12.0 Å². The predicted octanol–water partition coefficient (Wildman–Crippen LogP) is 3.31. The molecule has 1 saturated heterocycles. The highest BCUT2D eigenvalue weighted by Crippen LogP contribution is 2.19. The third-order valence-electron chi connectivity index (χ3n) is 4.29. The normalized spacial score (nSPS) is 17.4. The van der Waals surface area contributed by atoms with Gasteiger partial charge in [-0.05, 0) is 42.7 Å². The van der Waals surface area contributed by atoms with Crippen LogP contribution in [0.1, 0.15) is 18.4 Å². The van der Waals surface area contributed by atoms with Crippen molar-refractivity contribution in [3.63, 3.8) is 0 Å². The van der Waals surface area contributed by atoms with Crippen molar-refractivity contribution in [1.29, 1.82) is 0 Å². The Morgan fingerprint density at radius 2 is 1.83 bits per heavy atom. The van der Waals surface area contributed by atoms with E-state index in [1.165, 1.54) is 0 Å². The second-order valence-electron chi connectivity index (χ2n) is 6.06. The molecule has 0 bridgehead atoms. The summed E-state index contributed by atoms with van der Waals surface area (Å²) in [6.07, 6.45) is 2.45. The minimum atomic E-state index is 0.0703. The molecule has 0 aromatic heterocycles. The molecule has 0 radical (unpaired) electrons. The van der Waals surface area contributed by atoms with Crippen molar-refractivity contribution in [3.8, 4) is 11.5 Å². The van der Waals surface area contributed by atoms with Crippen LogP contribution < -0.4 is 9.47 Å². The quantitative estimate of drug-likeness (QED) is 0.846. The molecule has 0 spiro atoms. The average Bonchev–Trinajstić information content (AvgIpc) is 2.63. The number of benzene rings is 2. The van der Waals surface area contributed by atoms with Crippen LogP contribution in [0.3, 0.4) is 0 Å². The van der Waals surface area contributed by atoms with E-state index < -0.39 is 0 Å². The Morgan fingerprint density at radius 3 is 2.54 bits per heavy atom. The number of para-hydroxylation sites is 1. The van der Waals surface area contributed by atoms with Crippen LogP contribution in [-0.4, -0.2) is 37.1 Å². The smallest absolute Gasteiger partial charge is 0.227 e. The Bertz CT molecular complexity index is 654. The number of rotatable bonds is 5. The molecular formula is C20H23NO3. The summed E-state index contributed by atoms with van der Waals surface area (Å²) < 4.78 is 11.2. The maximum atomic E-state index is 12.6. The number of ether oxygens (including phenoxy) is 2. The number of likely N-dealkylation sites (tertiary alicyclic amines) is 1. The number of amides is 1. The van der Waals surface area contributed by atoms with E-state index in [9.17, 15) is 4.79 Å². The number of piperidine rings is 1. The van der Waals surface area contributed by atoms with Crippen molar-refractivity contribution in [2.75, 3.05) is 20.2 Å². The molecular weight excluding hydrogens is 302 g/mol. The van der Waals surface area contributed by atoms with E-state index in [2.05, 4.69) is 0 Å². The predicted molar refractivity (Wildman–Crippen MR) is 93.4 cm³/mol. The van der Waals surface area contributed by atoms with Gasteiger partial charge in [0.1, 0.15) is 17.6 Å². The largest absolute Gasteiger partial charge is 0.497 e. The molecule has 0 aliphatic carbocycles. The number of hydrogen-bond donors (Lipinski definition) is 0. The third kappa shape index (κ3) is 4.28. The Balaban J connectivity index is 1.56. The second kappa shape index (κ2) is 7.86. The van der Waals surface area contributed by atoms with E-state index >= 15 is 0 Å². The van der Waals surface area contributed by atoms with Gasteiger partial charge in [-0.3, -0.25) is 4.79 Å². The van der Waals surface area contributed by atoms with Crippen LogP contribution in [0.25, 0.3) is 0 Å². The highest BCUT2D eigenvalue weighted by atomic mass is 16.5. The van der Waals surface area contributed by atoms with Crippen LogP contribution in [0.4, 0.5) is 0 Å². The fourth-order valence-corrected chi connectivity index (χ4v) is 2.98. The molecule has 2 aromatic rings. The van der Waals surface area contributed by atoms with E-state index in [1.54, 1.807) is 7.11 Å². The molecule has 4 heteroatoms. The van der Waals surface area contributed by atoms with Gasteiger partial charge in [-0.25, -0.2) is 0 Å². The number of carbonyl (C=O) groups is 1. The maximum absolute atomic E-state index is 12.6. The first-order valence-electron chi connectivity index (χ1n) is 8.37. The Morgan fingerprint density at radius 1 is 1.08 bits per heavy atom. The molecule has 0 N–H and O–H groups in total. The summed E-state index contributed by atoms with van der Waals surface area (Å²) in [7, 11) is 1.64. The van der Waals surface area contributed by atoms with Crippen molar-refractivity contribution in [2.45, 2.75) is 25.4 Å². The minimum Gasteiger partial charge on any atom is -0.497 e. The van der Waals surface area contributed by atoms with E-state index in [0.29, 0.717) is 13.0 Å². The van der Waals surface area contributed by atoms with Crippen LogP contribution >= 0.6 is 0 Å². The topological polar surface area (TPSA) is 38.8 Å². The summed E-state index contributed by atoms with van der Waals surface area (Å²) in [5.74, 6) is 1.83. The molecule has 1 fully saturated rings. The third-order valence-corrected chi connectivity index (χ3v) is 4.29. The summed E-state index contributed by atoms with van der Waals surface area (Å²) in [6, 6.07) is 17.5. The van der Waals surface area contributed by atoms with Crippen molar-refractivity contribution in [1.82, 2.24) is 4.90 Å². The lowest BCUT2D eigenvalue weighted by Gasteiger charge is -2.33. The van der Waals surface area contributed by atoms with Crippen LogP contribution in [0.2, 0.25) is 0 Å². The SMILES string of the molecule is COc1ccc(CC(=O)N2CCCC(Oc3ccccc3)C2)cc1. The number of carbonyl (C=O) groups excluding carboxylic acids is 1. The number of methoxy groups -OCH3 is 1. The highest BCUT2D eigenvalue weighted by Gasteiger charge is 2.24. The maximum Gasteiger partial charge on any atom is 0.227 e. The first kappa shape index (κ1) is 16.4. The molecule has 1 aliphatic heterocycles. The molecule has 126 valence electrons. The lowest BCUT2D eigenvalue weighted by Crippen LogP contribution is -2.45. The summed E-state index contributed by atoms with van der Waals surface area (Å²) in [6.45, 7) is 1.47. The van der Waals surface area contributed by atoms with E-state index in [0.717, 1.165) is 36.4 Å². The summed E-state index contributed by atoms with van der Waals surface area (Å²) >= 11 is 0. The molecule has 1 heterocycles. The van der Waals surface area contributed by atoms with Gasteiger partial charge in [-0.15, -0.1) is 0 Å². The summed E-state index contributed by atoms with van der Waals surface area (Å²) in [5, 5.41) is 0. The number of hydrogen-bond acceptors (Lipinski definition) is 3. The van der Waals surface area contributed by atoms with Gasteiger partial charge in [-0.1, -0.05) is 30.3 Å². The average molecular weight is 325 g/mol. The van der Waals surface area contributed by atoms with E-state index in [1.807, 2.05) is 59.5 Å². The molecule has 24 heavy (non-hydrogen) atoms. The van der Waals surface area contributed by atoms with Crippen molar-refractivity contribution in [2.24, 2.45) is 0 Å². The van der Waals surface area contributed by atoms with Gasteiger partial charge >= 0.3 is 0 Å². The van der Waals surface area contributed by atoms with Crippen molar-refractivity contribution < 1.29 is 14.3 Å². The molecule has 1 amide bonds. The first-order valence-corrected chi connectivity index (χ1v) is 8.37. The minimum absolute atomic E-state index is 0.0703. The first-order chi connectivity index (χ1) is 11.7. The Kier molecular flexibility index (Phi) is 5.36. The van der Waals surface area contributed by atoms with Gasteiger partial charge in [0, 0.05) is 6.54 Å². The van der Waals surface area contributed by atoms with Gasteiger partial charge < -0.3 is 14.4 Å². The standard InChI is InChI=1S/C20H23NO3/c1-23-17-11-9-16(10-12-17)14-20(22)21-13-5-8-19(15-21)24-18-6-3-2-4-7-18/h2-4,6-7,9-12,19H,5,8,13-15H2,1H3.